The summed E-state index contributed by atoms with van der Waals surface area (Å²) in [6.45, 7) is 1.28. The van der Waals surface area contributed by atoms with E-state index in [4.69, 9.17) is 15.5 Å². The van der Waals surface area contributed by atoms with Crippen molar-refractivity contribution in [1.82, 2.24) is 4.90 Å². The number of alkyl halides is 3. The lowest BCUT2D eigenvalue weighted by Crippen LogP contribution is -2.52. The number of nitrogens with one attached hydrogen (secondary N) is 1. The number of carbonyl (C=O) groups is 1. The first-order chi connectivity index (χ1) is 12.3. The molecule has 27 heavy (non-hydrogen) atoms. The molecular weight excluding hydrogens is 429 g/mol. The summed E-state index contributed by atoms with van der Waals surface area (Å²) >= 11 is 0. The van der Waals surface area contributed by atoms with Gasteiger partial charge in [-0.05, 0) is 31.4 Å². The zero-order valence-corrected chi connectivity index (χ0v) is 16.6. The van der Waals surface area contributed by atoms with Crippen molar-refractivity contribution in [2.45, 2.75) is 53.4 Å². The standard InChI is InChI=1S/C15H18ClF3N2O4S2/c1-2-10-9-11(7-8-21(10)14(22)15(17,18)19)26(20,23)12-5-3-4-6-13(12)27(16,24)25/h3-6,10-11,20H,2,7-9H2,1H3. The number of nitrogens with zero attached hydrogens (tertiary/aromatic N) is 1. The maximum Gasteiger partial charge on any atom is 0.471 e. The lowest BCUT2D eigenvalue weighted by Gasteiger charge is -2.40. The lowest BCUT2D eigenvalue weighted by atomic mass is 9.99. The van der Waals surface area contributed by atoms with Gasteiger partial charge in [0.25, 0.3) is 9.05 Å². The van der Waals surface area contributed by atoms with Gasteiger partial charge in [-0.25, -0.2) is 17.4 Å². The Morgan fingerprint density at radius 2 is 1.81 bits per heavy atom. The number of benzene rings is 1. The van der Waals surface area contributed by atoms with Gasteiger partial charge in [0.05, 0.1) is 24.8 Å². The second-order valence-electron chi connectivity index (χ2n) is 6.19. The van der Waals surface area contributed by atoms with Gasteiger partial charge >= 0.3 is 12.1 Å². The highest BCUT2D eigenvalue weighted by atomic mass is 35.7. The molecule has 1 aliphatic heterocycles. The third kappa shape index (κ3) is 4.57. The summed E-state index contributed by atoms with van der Waals surface area (Å²) in [5.74, 6) is -1.96. The maximum atomic E-state index is 13.2. The maximum absolute atomic E-state index is 13.2. The normalized spacial score (nSPS) is 23.7. The highest BCUT2D eigenvalue weighted by Crippen LogP contribution is 2.35. The summed E-state index contributed by atoms with van der Waals surface area (Å²) in [5.41, 5.74) is 0. The minimum absolute atomic E-state index is 0.0999. The number of hydrogen-bond donors (Lipinski definition) is 1. The number of likely N-dealkylation sites (tertiary alicyclic amines) is 1. The van der Waals surface area contributed by atoms with Crippen molar-refractivity contribution in [2.24, 2.45) is 0 Å². The molecule has 1 aliphatic rings. The number of halogens is 4. The fourth-order valence-electron chi connectivity index (χ4n) is 3.21. The summed E-state index contributed by atoms with van der Waals surface area (Å²) in [4.78, 5) is 11.6. The van der Waals surface area contributed by atoms with Gasteiger partial charge < -0.3 is 4.90 Å². The topological polar surface area (TPSA) is 95.4 Å². The lowest BCUT2D eigenvalue weighted by molar-refractivity contribution is -0.189. The predicted molar refractivity (Wildman–Crippen MR) is 93.5 cm³/mol. The van der Waals surface area contributed by atoms with Crippen LogP contribution in [0, 0.1) is 4.78 Å². The molecule has 0 aromatic heterocycles. The van der Waals surface area contributed by atoms with Crippen LogP contribution in [0.1, 0.15) is 26.2 Å². The van der Waals surface area contributed by atoms with Crippen LogP contribution in [-0.4, -0.2) is 47.4 Å². The Morgan fingerprint density at radius 3 is 2.30 bits per heavy atom. The molecular formula is C15H18ClF3N2O4S2. The van der Waals surface area contributed by atoms with E-state index in [0.717, 1.165) is 6.07 Å². The van der Waals surface area contributed by atoms with Gasteiger partial charge in [-0.1, -0.05) is 19.1 Å². The molecule has 0 radical (unpaired) electrons. The molecule has 0 bridgehead atoms. The van der Waals surface area contributed by atoms with Gasteiger partial charge in [-0.3, -0.25) is 4.79 Å². The Hall–Kier alpha value is -1.33. The molecule has 1 heterocycles. The summed E-state index contributed by atoms with van der Waals surface area (Å²) in [5, 5.41) is -0.903. The van der Waals surface area contributed by atoms with Crippen LogP contribution < -0.4 is 0 Å². The summed E-state index contributed by atoms with van der Waals surface area (Å²) in [7, 11) is -2.58. The van der Waals surface area contributed by atoms with Crippen molar-refractivity contribution >= 4 is 35.4 Å². The van der Waals surface area contributed by atoms with Gasteiger partial charge in [-0.15, -0.1) is 0 Å². The van der Waals surface area contributed by atoms with Crippen LogP contribution >= 0.6 is 10.7 Å². The van der Waals surface area contributed by atoms with Crippen molar-refractivity contribution in [3.63, 3.8) is 0 Å². The Kier molecular flexibility index (Phi) is 6.18. The molecule has 0 saturated carbocycles. The van der Waals surface area contributed by atoms with Gasteiger partial charge in [-0.2, -0.15) is 13.2 Å². The van der Waals surface area contributed by atoms with Crippen LogP contribution in [0.5, 0.6) is 0 Å². The molecule has 152 valence electrons. The van der Waals surface area contributed by atoms with E-state index in [-0.39, 0.29) is 30.7 Å². The van der Waals surface area contributed by atoms with Gasteiger partial charge in [0.1, 0.15) is 0 Å². The monoisotopic (exact) mass is 446 g/mol. The minimum atomic E-state index is -5.01. The average Bonchev–Trinajstić information content (AvgIpc) is 2.59. The molecule has 6 nitrogen and oxygen atoms in total. The first kappa shape index (κ1) is 22.0. The Balaban J connectivity index is 2.37. The molecule has 12 heteroatoms. The van der Waals surface area contributed by atoms with E-state index in [9.17, 15) is 30.6 Å². The number of carbonyl (C=O) groups excluding carboxylic acids is 1. The molecule has 1 saturated heterocycles. The molecule has 1 aromatic carbocycles. The Bertz CT molecular complexity index is 933. The van der Waals surface area contributed by atoms with Gasteiger partial charge in [0.15, 0.2) is 0 Å². The van der Waals surface area contributed by atoms with E-state index in [1.54, 1.807) is 6.92 Å². The summed E-state index contributed by atoms with van der Waals surface area (Å²) in [6.07, 6.45) is -5.04. The van der Waals surface area contributed by atoms with E-state index in [0.29, 0.717) is 4.90 Å². The second kappa shape index (κ2) is 7.59. The molecule has 3 unspecified atom stereocenters. The Morgan fingerprint density at radius 1 is 1.26 bits per heavy atom. The fourth-order valence-corrected chi connectivity index (χ4v) is 6.94. The van der Waals surface area contributed by atoms with Crippen LogP contribution in [0.4, 0.5) is 13.2 Å². The van der Waals surface area contributed by atoms with Crippen LogP contribution in [0.15, 0.2) is 34.1 Å². The Labute approximate surface area is 160 Å². The largest absolute Gasteiger partial charge is 0.471 e. The summed E-state index contributed by atoms with van der Waals surface area (Å²) in [6, 6.07) is 4.29. The van der Waals surface area contributed by atoms with Crippen LogP contribution in [0.25, 0.3) is 0 Å². The third-order valence-corrected chi connectivity index (χ3v) is 8.44. The van der Waals surface area contributed by atoms with E-state index in [1.165, 1.54) is 18.2 Å². The first-order valence-corrected chi connectivity index (χ1v) is 11.9. The SMILES string of the molecule is CCC1CC(S(=N)(=O)c2ccccc2S(=O)(=O)Cl)CCN1C(=O)C(F)(F)F. The molecule has 1 N–H and O–H groups in total. The number of piperidine rings is 1. The molecule has 3 atom stereocenters. The zero-order valence-electron chi connectivity index (χ0n) is 14.2. The molecule has 0 aliphatic carbocycles. The third-order valence-electron chi connectivity index (χ3n) is 4.55. The van der Waals surface area contributed by atoms with Gasteiger partial charge in [0, 0.05) is 23.3 Å². The highest BCUT2D eigenvalue weighted by Gasteiger charge is 2.47. The zero-order chi connectivity index (χ0) is 20.6. The van der Waals surface area contributed by atoms with Crippen LogP contribution in [0.2, 0.25) is 0 Å². The molecule has 0 spiro atoms. The van der Waals surface area contributed by atoms with E-state index < -0.39 is 47.1 Å². The molecule has 2 rings (SSSR count). The molecule has 1 fully saturated rings. The van der Waals surface area contributed by atoms with E-state index >= 15 is 0 Å². The van der Waals surface area contributed by atoms with Crippen LogP contribution in [-0.2, 0) is 23.6 Å². The van der Waals surface area contributed by atoms with E-state index in [2.05, 4.69) is 0 Å². The quantitative estimate of drug-likeness (QED) is 0.717. The van der Waals surface area contributed by atoms with Crippen molar-refractivity contribution in [2.75, 3.05) is 6.54 Å². The van der Waals surface area contributed by atoms with E-state index in [1.807, 2.05) is 0 Å². The minimum Gasteiger partial charge on any atom is -0.332 e. The predicted octanol–water partition coefficient (Wildman–Crippen LogP) is 3.35. The fraction of sp³-hybridized carbons (Fsp3) is 0.533. The summed E-state index contributed by atoms with van der Waals surface area (Å²) < 4.78 is 83.2. The number of amides is 1. The van der Waals surface area contributed by atoms with Crippen molar-refractivity contribution in [3.8, 4) is 0 Å². The molecule has 1 amide bonds. The number of rotatable bonds is 4. The smallest absolute Gasteiger partial charge is 0.332 e. The molecule has 1 aromatic rings. The van der Waals surface area contributed by atoms with Crippen molar-refractivity contribution in [3.05, 3.63) is 24.3 Å². The number of hydrogen-bond acceptors (Lipinski definition) is 5. The highest BCUT2D eigenvalue weighted by molar-refractivity contribution is 8.14. The van der Waals surface area contributed by atoms with Crippen molar-refractivity contribution < 1.29 is 30.6 Å². The second-order valence-corrected chi connectivity index (χ2v) is 11.0. The van der Waals surface area contributed by atoms with Crippen LogP contribution in [0.3, 0.4) is 0 Å². The van der Waals surface area contributed by atoms with Gasteiger partial charge in [0.2, 0.25) is 0 Å². The van der Waals surface area contributed by atoms with Crippen molar-refractivity contribution in [1.29, 1.82) is 4.78 Å². The average molecular weight is 447 g/mol. The first-order valence-electron chi connectivity index (χ1n) is 7.99.